The van der Waals surface area contributed by atoms with Crippen LogP contribution in [0.1, 0.15) is 5.56 Å². The Hall–Kier alpha value is -1.99. The first-order valence-electron chi connectivity index (χ1n) is 8.08. The molecule has 1 fully saturated rings. The van der Waals surface area contributed by atoms with Gasteiger partial charge in [0.15, 0.2) is 0 Å². The number of anilines is 1. The number of hydrogen-bond acceptors (Lipinski definition) is 6. The second-order valence-electron chi connectivity index (χ2n) is 6.48. The van der Waals surface area contributed by atoms with Crippen LogP contribution in [-0.2, 0) is 11.2 Å². The summed E-state index contributed by atoms with van der Waals surface area (Å²) in [6, 6.07) is 4.06. The second-order valence-corrected chi connectivity index (χ2v) is 7.26. The van der Waals surface area contributed by atoms with Gasteiger partial charge < -0.3 is 15.1 Å². The number of hydrogen-bond donors (Lipinski definition) is 1. The molecule has 128 valence electrons. The molecule has 1 aliphatic rings. The molecule has 0 aliphatic carbocycles. The van der Waals surface area contributed by atoms with Crippen LogP contribution in [0.2, 0.25) is 0 Å². The van der Waals surface area contributed by atoms with Gasteiger partial charge in [-0.25, -0.2) is 9.97 Å². The van der Waals surface area contributed by atoms with Gasteiger partial charge in [-0.2, -0.15) is 11.3 Å². The third kappa shape index (κ3) is 4.30. The lowest BCUT2D eigenvalue weighted by Gasteiger charge is -2.22. The smallest absolute Gasteiger partial charge is 0.224 e. The van der Waals surface area contributed by atoms with Crippen molar-refractivity contribution in [2.24, 2.45) is 5.92 Å². The number of amides is 1. The molecule has 3 rings (SSSR count). The molecule has 0 radical (unpaired) electrons. The zero-order valence-electron chi connectivity index (χ0n) is 14.1. The maximum atomic E-state index is 12.4. The Morgan fingerprint density at radius 1 is 1.42 bits per heavy atom. The number of nitrogens with zero attached hydrogens (tertiary/aromatic N) is 4. The van der Waals surface area contributed by atoms with E-state index in [4.69, 9.17) is 0 Å². The van der Waals surface area contributed by atoms with Gasteiger partial charge in [0.05, 0.1) is 12.5 Å². The molecule has 6 nitrogen and oxygen atoms in total. The number of carbonyl (C=O) groups excluding carboxylic acids is 1. The van der Waals surface area contributed by atoms with Gasteiger partial charge in [0.2, 0.25) is 5.91 Å². The molecule has 0 unspecified atom stereocenters. The van der Waals surface area contributed by atoms with Crippen molar-refractivity contribution in [3.8, 4) is 0 Å². The van der Waals surface area contributed by atoms with Crippen LogP contribution in [0.15, 0.2) is 35.4 Å². The number of nitrogens with one attached hydrogen (secondary N) is 1. The highest BCUT2D eigenvalue weighted by Crippen LogP contribution is 2.23. The lowest BCUT2D eigenvalue weighted by molar-refractivity contribution is -0.121. The summed E-state index contributed by atoms with van der Waals surface area (Å²) in [5.41, 5.74) is 1.08. The first kappa shape index (κ1) is 16.9. The fraction of sp³-hybridized carbons (Fsp3) is 0.471. The molecule has 2 aromatic rings. The minimum Gasteiger partial charge on any atom is -0.354 e. The fourth-order valence-corrected chi connectivity index (χ4v) is 3.85. The van der Waals surface area contributed by atoms with Crippen molar-refractivity contribution >= 4 is 23.1 Å². The van der Waals surface area contributed by atoms with E-state index < -0.39 is 0 Å². The Labute approximate surface area is 146 Å². The van der Waals surface area contributed by atoms with Crippen LogP contribution in [0, 0.1) is 5.92 Å². The lowest BCUT2D eigenvalue weighted by atomic mass is 10.0. The van der Waals surface area contributed by atoms with Crippen LogP contribution in [0.4, 0.5) is 5.82 Å². The zero-order chi connectivity index (χ0) is 16.9. The normalized spacial score (nSPS) is 20.5. The highest BCUT2D eigenvalue weighted by Gasteiger charge is 2.34. The predicted octanol–water partition coefficient (Wildman–Crippen LogP) is 1.26. The molecule has 0 saturated carbocycles. The fourth-order valence-electron chi connectivity index (χ4n) is 3.18. The summed E-state index contributed by atoms with van der Waals surface area (Å²) in [5.74, 6) is 1.39. The Morgan fingerprint density at radius 2 is 2.29 bits per heavy atom. The summed E-state index contributed by atoms with van der Waals surface area (Å²) in [4.78, 5) is 25.1. The maximum absolute atomic E-state index is 12.4. The van der Waals surface area contributed by atoms with E-state index in [1.165, 1.54) is 0 Å². The summed E-state index contributed by atoms with van der Waals surface area (Å²) in [6.07, 6.45) is 3.77. The molecule has 1 amide bonds. The van der Waals surface area contributed by atoms with E-state index >= 15 is 0 Å². The van der Waals surface area contributed by atoms with Crippen molar-refractivity contribution in [3.63, 3.8) is 0 Å². The van der Waals surface area contributed by atoms with Crippen molar-refractivity contribution in [3.05, 3.63) is 41.0 Å². The summed E-state index contributed by atoms with van der Waals surface area (Å²) in [7, 11) is 4.13. The first-order valence-corrected chi connectivity index (χ1v) is 9.02. The SMILES string of the molecule is CN(C)C[C@@H]1CN(c2ccncn2)C[C@H]1NC(=O)Cc1ccsc1. The zero-order valence-corrected chi connectivity index (χ0v) is 14.9. The van der Waals surface area contributed by atoms with Crippen LogP contribution in [0.3, 0.4) is 0 Å². The molecule has 2 atom stereocenters. The van der Waals surface area contributed by atoms with Gasteiger partial charge in [-0.3, -0.25) is 4.79 Å². The minimum atomic E-state index is 0.0895. The van der Waals surface area contributed by atoms with Gasteiger partial charge in [-0.05, 0) is 42.6 Å². The third-order valence-electron chi connectivity index (χ3n) is 4.22. The second kappa shape index (κ2) is 7.72. The minimum absolute atomic E-state index is 0.0895. The van der Waals surface area contributed by atoms with E-state index in [0.717, 1.165) is 31.0 Å². The molecule has 0 spiro atoms. The Balaban J connectivity index is 1.65. The largest absolute Gasteiger partial charge is 0.354 e. The average molecular weight is 345 g/mol. The molecule has 1 N–H and O–H groups in total. The molecule has 7 heteroatoms. The van der Waals surface area contributed by atoms with Crippen LogP contribution < -0.4 is 10.2 Å². The van der Waals surface area contributed by atoms with Crippen LogP contribution in [-0.4, -0.2) is 60.5 Å². The van der Waals surface area contributed by atoms with Crippen LogP contribution in [0.25, 0.3) is 0 Å². The molecule has 0 bridgehead atoms. The topological polar surface area (TPSA) is 61.4 Å². The average Bonchev–Trinajstić information content (AvgIpc) is 3.18. The van der Waals surface area contributed by atoms with Crippen molar-refractivity contribution < 1.29 is 4.79 Å². The number of rotatable bonds is 6. The predicted molar refractivity (Wildman–Crippen MR) is 96.2 cm³/mol. The highest BCUT2D eigenvalue weighted by atomic mass is 32.1. The number of aromatic nitrogens is 2. The number of thiophene rings is 1. The molecular weight excluding hydrogens is 322 g/mol. The first-order chi connectivity index (χ1) is 11.6. The van der Waals surface area contributed by atoms with Gasteiger partial charge >= 0.3 is 0 Å². The van der Waals surface area contributed by atoms with E-state index in [2.05, 4.69) is 39.2 Å². The van der Waals surface area contributed by atoms with Gasteiger partial charge in [0.1, 0.15) is 12.1 Å². The quantitative estimate of drug-likeness (QED) is 0.854. The summed E-state index contributed by atoms with van der Waals surface area (Å²) >= 11 is 1.62. The van der Waals surface area contributed by atoms with E-state index in [-0.39, 0.29) is 11.9 Å². The van der Waals surface area contributed by atoms with Crippen LogP contribution >= 0.6 is 11.3 Å². The van der Waals surface area contributed by atoms with Gasteiger partial charge in [0.25, 0.3) is 0 Å². The molecule has 2 aromatic heterocycles. The van der Waals surface area contributed by atoms with Crippen molar-refractivity contribution in [2.45, 2.75) is 12.5 Å². The Bertz CT molecular complexity index is 646. The van der Waals surface area contributed by atoms with Crippen molar-refractivity contribution in [1.29, 1.82) is 0 Å². The van der Waals surface area contributed by atoms with Gasteiger partial charge in [0, 0.05) is 31.7 Å². The standard InChI is InChI=1S/C17H23N5OS/c1-21(2)8-14-9-22(16-3-5-18-12-19-16)10-15(14)20-17(23)7-13-4-6-24-11-13/h3-6,11-12,14-15H,7-10H2,1-2H3,(H,20,23)/t14-,15-/m1/s1. The van der Waals surface area contributed by atoms with E-state index in [0.29, 0.717) is 12.3 Å². The molecule has 24 heavy (non-hydrogen) atoms. The Morgan fingerprint density at radius 3 is 2.96 bits per heavy atom. The van der Waals surface area contributed by atoms with E-state index in [1.54, 1.807) is 23.9 Å². The lowest BCUT2D eigenvalue weighted by Crippen LogP contribution is -2.44. The molecule has 1 saturated heterocycles. The Kier molecular flexibility index (Phi) is 5.42. The van der Waals surface area contributed by atoms with Gasteiger partial charge in [-0.1, -0.05) is 0 Å². The summed E-state index contributed by atoms with van der Waals surface area (Å²) in [5, 5.41) is 7.26. The van der Waals surface area contributed by atoms with E-state index in [1.807, 2.05) is 22.9 Å². The monoisotopic (exact) mass is 345 g/mol. The summed E-state index contributed by atoms with van der Waals surface area (Å²) < 4.78 is 0. The highest BCUT2D eigenvalue weighted by molar-refractivity contribution is 7.07. The number of carbonyl (C=O) groups is 1. The summed E-state index contributed by atoms with van der Waals surface area (Å²) in [6.45, 7) is 2.61. The van der Waals surface area contributed by atoms with E-state index in [9.17, 15) is 4.79 Å². The molecular formula is C17H23N5OS. The maximum Gasteiger partial charge on any atom is 0.224 e. The molecule has 0 aromatic carbocycles. The molecule has 3 heterocycles. The third-order valence-corrected chi connectivity index (χ3v) is 4.95. The van der Waals surface area contributed by atoms with Crippen molar-refractivity contribution in [1.82, 2.24) is 20.2 Å². The van der Waals surface area contributed by atoms with Gasteiger partial charge in [-0.15, -0.1) is 0 Å². The van der Waals surface area contributed by atoms with Crippen molar-refractivity contribution in [2.75, 3.05) is 38.6 Å². The molecule has 1 aliphatic heterocycles. The van der Waals surface area contributed by atoms with Crippen LogP contribution in [0.5, 0.6) is 0 Å².